The summed E-state index contributed by atoms with van der Waals surface area (Å²) < 4.78 is 11.4. The van der Waals surface area contributed by atoms with Crippen molar-refractivity contribution < 1.29 is 9.47 Å². The summed E-state index contributed by atoms with van der Waals surface area (Å²) >= 11 is 0. The number of anilines is 1. The lowest BCUT2D eigenvalue weighted by molar-refractivity contribution is 0.00843. The van der Waals surface area contributed by atoms with Gasteiger partial charge in [-0.05, 0) is 47.9 Å². The first-order chi connectivity index (χ1) is 18.8. The van der Waals surface area contributed by atoms with Crippen LogP contribution in [0.15, 0.2) is 97.2 Å². The van der Waals surface area contributed by atoms with Crippen LogP contribution in [0, 0.1) is 11.3 Å². The number of nitrogens with zero attached hydrogens (tertiary/aromatic N) is 2. The van der Waals surface area contributed by atoms with E-state index >= 15 is 0 Å². The lowest BCUT2D eigenvalue weighted by Crippen LogP contribution is -2.40. The van der Waals surface area contributed by atoms with Gasteiger partial charge in [0.05, 0.1) is 37.1 Å². The minimum Gasteiger partial charge on any atom is -0.470 e. The number of rotatable bonds is 7. The van der Waals surface area contributed by atoms with E-state index in [1.165, 1.54) is 11.1 Å². The van der Waals surface area contributed by atoms with Crippen LogP contribution in [-0.4, -0.2) is 43.9 Å². The lowest BCUT2D eigenvalue weighted by Gasteiger charge is -2.27. The zero-order valence-electron chi connectivity index (χ0n) is 21.3. The van der Waals surface area contributed by atoms with E-state index in [0.29, 0.717) is 17.4 Å². The maximum Gasteiger partial charge on any atom is 0.237 e. The Morgan fingerprint density at radius 1 is 0.921 bits per heavy atom. The molecule has 6 rings (SSSR count). The molecule has 0 spiro atoms. The zero-order chi connectivity index (χ0) is 26.0. The van der Waals surface area contributed by atoms with Gasteiger partial charge in [-0.25, -0.2) is 4.98 Å². The van der Waals surface area contributed by atoms with Crippen molar-refractivity contribution in [1.29, 1.82) is 5.26 Å². The average molecular weight is 505 g/mol. The topological polar surface area (TPSA) is 79.2 Å². The molecular weight excluding hydrogens is 472 g/mol. The molecule has 3 heterocycles. The van der Waals surface area contributed by atoms with Crippen molar-refractivity contribution in [3.8, 4) is 23.1 Å². The van der Waals surface area contributed by atoms with E-state index in [4.69, 9.17) is 14.7 Å². The van der Waals surface area contributed by atoms with Crippen molar-refractivity contribution >= 4 is 5.69 Å². The van der Waals surface area contributed by atoms with Crippen molar-refractivity contribution in [2.45, 2.75) is 18.4 Å². The Hall–Kier alpha value is -4.18. The largest absolute Gasteiger partial charge is 0.470 e. The van der Waals surface area contributed by atoms with Gasteiger partial charge in [-0.15, -0.1) is 0 Å². The van der Waals surface area contributed by atoms with Gasteiger partial charge in [0, 0.05) is 24.2 Å². The van der Waals surface area contributed by atoms with E-state index in [-0.39, 0.29) is 6.10 Å². The number of aromatic nitrogens is 1. The molecule has 2 aliphatic heterocycles. The van der Waals surface area contributed by atoms with E-state index in [0.717, 1.165) is 56.1 Å². The molecule has 1 atom stereocenters. The molecule has 0 saturated carbocycles. The summed E-state index contributed by atoms with van der Waals surface area (Å²) in [5, 5.41) is 15.8. The van der Waals surface area contributed by atoms with Gasteiger partial charge in [0.25, 0.3) is 0 Å². The standard InChI is InChI=1S/C26H26N4O2.C6H6/c27-12-19-3-1-18(2-4-19)9-10-28-14-24-15-29-25-11-22(13-30-26(25)32-24)20-5-7-21(8-6-20)23-16-31-17-23;1-2-4-6-5-3-1/h1-8,11,13,23-24,28-29H,9-10,14-17H2;1-6H/t24-;/m1./s1. The van der Waals surface area contributed by atoms with E-state index in [9.17, 15) is 0 Å². The summed E-state index contributed by atoms with van der Waals surface area (Å²) in [6.45, 7) is 3.99. The quantitative estimate of drug-likeness (QED) is 0.327. The van der Waals surface area contributed by atoms with Crippen LogP contribution in [0.5, 0.6) is 5.88 Å². The Balaban J connectivity index is 0.000000433. The van der Waals surface area contributed by atoms with E-state index in [2.05, 4.69) is 52.0 Å². The van der Waals surface area contributed by atoms with Crippen LogP contribution in [0.3, 0.4) is 0 Å². The highest BCUT2D eigenvalue weighted by atomic mass is 16.5. The molecule has 192 valence electrons. The number of hydrogen-bond acceptors (Lipinski definition) is 6. The first kappa shape index (κ1) is 25.5. The number of nitriles is 1. The molecule has 38 heavy (non-hydrogen) atoms. The molecule has 6 heteroatoms. The summed E-state index contributed by atoms with van der Waals surface area (Å²) in [7, 11) is 0. The minimum atomic E-state index is 0.0331. The second kappa shape index (κ2) is 12.9. The fraction of sp³-hybridized carbons (Fsp3) is 0.250. The van der Waals surface area contributed by atoms with Gasteiger partial charge in [0.1, 0.15) is 6.10 Å². The van der Waals surface area contributed by atoms with E-state index in [1.807, 2.05) is 66.9 Å². The zero-order valence-corrected chi connectivity index (χ0v) is 21.3. The van der Waals surface area contributed by atoms with Crippen LogP contribution < -0.4 is 15.4 Å². The Bertz CT molecular complexity index is 1300. The molecule has 6 nitrogen and oxygen atoms in total. The number of benzene rings is 3. The van der Waals surface area contributed by atoms with Crippen LogP contribution in [0.25, 0.3) is 11.1 Å². The Morgan fingerprint density at radius 2 is 1.63 bits per heavy atom. The van der Waals surface area contributed by atoms with Crippen molar-refractivity contribution in [3.63, 3.8) is 0 Å². The number of fused-ring (bicyclic) bond motifs is 1. The summed E-state index contributed by atoms with van der Waals surface area (Å²) in [6, 6.07) is 32.7. The molecular formula is C32H32N4O2. The second-order valence-electron chi connectivity index (χ2n) is 9.47. The Kier molecular flexibility index (Phi) is 8.62. The highest BCUT2D eigenvalue weighted by molar-refractivity contribution is 5.70. The number of pyridine rings is 1. The summed E-state index contributed by atoms with van der Waals surface area (Å²) in [4.78, 5) is 4.56. The third kappa shape index (κ3) is 6.77. The molecule has 1 fully saturated rings. The Morgan fingerprint density at radius 3 is 2.26 bits per heavy atom. The SMILES string of the molecule is N#Cc1ccc(CCNC[C@@H]2CNc3cc(-c4ccc(C5COC5)cc4)cnc3O2)cc1.c1ccccc1. The number of hydrogen-bond donors (Lipinski definition) is 2. The molecule has 0 aliphatic carbocycles. The van der Waals surface area contributed by atoms with E-state index < -0.39 is 0 Å². The van der Waals surface area contributed by atoms with Crippen LogP contribution >= 0.6 is 0 Å². The van der Waals surface area contributed by atoms with Gasteiger partial charge in [0.2, 0.25) is 5.88 Å². The van der Waals surface area contributed by atoms with Gasteiger partial charge in [-0.2, -0.15) is 5.26 Å². The highest BCUT2D eigenvalue weighted by Crippen LogP contribution is 2.32. The monoisotopic (exact) mass is 504 g/mol. The van der Waals surface area contributed by atoms with Crippen molar-refractivity contribution in [1.82, 2.24) is 10.3 Å². The molecule has 1 aromatic heterocycles. The molecule has 2 N–H and O–H groups in total. The third-order valence-corrected chi connectivity index (χ3v) is 6.72. The molecule has 3 aromatic carbocycles. The fourth-order valence-electron chi connectivity index (χ4n) is 4.37. The first-order valence-corrected chi connectivity index (χ1v) is 13.1. The molecule has 0 bridgehead atoms. The van der Waals surface area contributed by atoms with Crippen LogP contribution in [-0.2, 0) is 11.2 Å². The van der Waals surface area contributed by atoms with Crippen molar-refractivity contribution in [2.24, 2.45) is 0 Å². The highest BCUT2D eigenvalue weighted by Gasteiger charge is 2.22. The van der Waals surface area contributed by atoms with Crippen LogP contribution in [0.2, 0.25) is 0 Å². The number of ether oxygens (including phenoxy) is 2. The van der Waals surface area contributed by atoms with Gasteiger partial charge in [0.15, 0.2) is 0 Å². The summed E-state index contributed by atoms with van der Waals surface area (Å²) in [6.07, 6.45) is 2.82. The maximum atomic E-state index is 8.88. The minimum absolute atomic E-state index is 0.0331. The predicted molar refractivity (Wildman–Crippen MR) is 150 cm³/mol. The van der Waals surface area contributed by atoms with Crippen molar-refractivity contribution in [3.05, 3.63) is 114 Å². The number of nitrogens with one attached hydrogen (secondary N) is 2. The third-order valence-electron chi connectivity index (χ3n) is 6.72. The summed E-state index contributed by atoms with van der Waals surface area (Å²) in [5.41, 5.74) is 6.41. The predicted octanol–water partition coefficient (Wildman–Crippen LogP) is 5.43. The van der Waals surface area contributed by atoms with Gasteiger partial charge in [-0.1, -0.05) is 72.8 Å². The average Bonchev–Trinajstić information content (AvgIpc) is 2.96. The molecule has 2 aliphatic rings. The van der Waals surface area contributed by atoms with Gasteiger partial charge >= 0.3 is 0 Å². The first-order valence-electron chi connectivity index (χ1n) is 13.1. The smallest absolute Gasteiger partial charge is 0.237 e. The molecule has 0 radical (unpaired) electrons. The normalized spacial score (nSPS) is 15.9. The van der Waals surface area contributed by atoms with Crippen LogP contribution in [0.4, 0.5) is 5.69 Å². The second-order valence-corrected chi connectivity index (χ2v) is 9.47. The van der Waals surface area contributed by atoms with Gasteiger partial charge in [-0.3, -0.25) is 0 Å². The van der Waals surface area contributed by atoms with Gasteiger partial charge < -0.3 is 20.1 Å². The van der Waals surface area contributed by atoms with E-state index in [1.54, 1.807) is 0 Å². The lowest BCUT2D eigenvalue weighted by atomic mass is 9.95. The fourth-order valence-corrected chi connectivity index (χ4v) is 4.37. The molecule has 1 saturated heterocycles. The van der Waals surface area contributed by atoms with Crippen molar-refractivity contribution in [2.75, 3.05) is 38.2 Å². The van der Waals surface area contributed by atoms with Crippen LogP contribution in [0.1, 0.15) is 22.6 Å². The Labute approximate surface area is 224 Å². The molecule has 0 unspecified atom stereocenters. The maximum absolute atomic E-state index is 8.88. The molecule has 0 amide bonds. The molecule has 4 aromatic rings. The summed E-state index contributed by atoms with van der Waals surface area (Å²) in [5.74, 6) is 1.19.